The van der Waals surface area contributed by atoms with Gasteiger partial charge in [-0.2, -0.15) is 0 Å². The Morgan fingerprint density at radius 1 is 1.29 bits per heavy atom. The second kappa shape index (κ2) is 7.81. The van der Waals surface area contributed by atoms with E-state index in [1.165, 1.54) is 24.8 Å². The summed E-state index contributed by atoms with van der Waals surface area (Å²) in [4.78, 5) is 2.55. The van der Waals surface area contributed by atoms with Crippen LogP contribution in [-0.4, -0.2) is 31.1 Å². The molecule has 3 nitrogen and oxygen atoms in total. The van der Waals surface area contributed by atoms with E-state index < -0.39 is 0 Å². The highest BCUT2D eigenvalue weighted by Crippen LogP contribution is 2.35. The molecule has 1 aromatic rings. The smallest absolute Gasteiger partial charge is 0.123 e. The molecule has 0 radical (unpaired) electrons. The second-order valence-corrected chi connectivity index (χ2v) is 6.14. The molecule has 0 saturated heterocycles. The van der Waals surface area contributed by atoms with Crippen molar-refractivity contribution < 1.29 is 4.74 Å². The summed E-state index contributed by atoms with van der Waals surface area (Å²) in [5, 5.41) is 0. The van der Waals surface area contributed by atoms with Gasteiger partial charge in [0.25, 0.3) is 0 Å². The highest BCUT2D eigenvalue weighted by molar-refractivity contribution is 5.36. The van der Waals surface area contributed by atoms with Crippen molar-refractivity contribution >= 4 is 0 Å². The van der Waals surface area contributed by atoms with Gasteiger partial charge in [-0.1, -0.05) is 38.5 Å². The summed E-state index contributed by atoms with van der Waals surface area (Å²) in [6.45, 7) is 6.60. The summed E-state index contributed by atoms with van der Waals surface area (Å²) in [6, 6.07) is 8.71. The topological polar surface area (TPSA) is 38.5 Å². The predicted molar refractivity (Wildman–Crippen MR) is 88.6 cm³/mol. The first-order valence-electron chi connectivity index (χ1n) is 8.33. The Kier molecular flexibility index (Phi) is 6.07. The summed E-state index contributed by atoms with van der Waals surface area (Å²) in [6.07, 6.45) is 5.11. The third-order valence-corrected chi connectivity index (χ3v) is 4.85. The van der Waals surface area contributed by atoms with Crippen LogP contribution in [0.1, 0.15) is 51.1 Å². The van der Waals surface area contributed by atoms with Crippen molar-refractivity contribution in [2.45, 2.75) is 51.6 Å². The van der Waals surface area contributed by atoms with Crippen LogP contribution in [0.2, 0.25) is 0 Å². The molecule has 1 aliphatic rings. The fourth-order valence-corrected chi connectivity index (χ4v) is 3.28. The largest absolute Gasteiger partial charge is 0.496 e. The molecule has 1 saturated carbocycles. The molecule has 1 fully saturated rings. The van der Waals surface area contributed by atoms with Crippen molar-refractivity contribution in [1.82, 2.24) is 4.90 Å². The normalized spacial score (nSPS) is 18.3. The number of nitrogens with two attached hydrogens (primary N) is 1. The minimum Gasteiger partial charge on any atom is -0.496 e. The van der Waals surface area contributed by atoms with Gasteiger partial charge < -0.3 is 10.5 Å². The van der Waals surface area contributed by atoms with Crippen LogP contribution in [0.15, 0.2) is 24.3 Å². The number of nitrogens with zero attached hydrogens (tertiary/aromatic N) is 1. The van der Waals surface area contributed by atoms with Crippen LogP contribution in [0.5, 0.6) is 5.75 Å². The van der Waals surface area contributed by atoms with E-state index in [1.807, 2.05) is 12.1 Å². The van der Waals surface area contributed by atoms with Crippen molar-refractivity contribution in [1.29, 1.82) is 0 Å². The van der Waals surface area contributed by atoms with Crippen LogP contribution in [0.3, 0.4) is 0 Å². The molecular formula is C18H30N2O. The minimum absolute atomic E-state index is 0.140. The zero-order valence-electron chi connectivity index (χ0n) is 13.7. The Hall–Kier alpha value is -1.06. The van der Waals surface area contributed by atoms with Crippen molar-refractivity contribution in [2.75, 3.05) is 20.2 Å². The maximum absolute atomic E-state index is 6.49. The van der Waals surface area contributed by atoms with E-state index >= 15 is 0 Å². The Bertz CT molecular complexity index is 431. The molecule has 1 aromatic carbocycles. The number of rotatable bonds is 8. The third kappa shape index (κ3) is 3.78. The standard InChI is InChI=1S/C18H30N2O/c1-4-16(19)18(15-11-6-7-12-17(15)21-3)20(5-2)13-14-9-8-10-14/h6-7,11-12,14,16,18H,4-5,8-10,13,19H2,1-3H3. The lowest BCUT2D eigenvalue weighted by Gasteiger charge is -2.39. The lowest BCUT2D eigenvalue weighted by atomic mass is 9.84. The van der Waals surface area contributed by atoms with E-state index in [4.69, 9.17) is 10.5 Å². The van der Waals surface area contributed by atoms with Crippen LogP contribution in [0, 0.1) is 5.92 Å². The fraction of sp³-hybridized carbons (Fsp3) is 0.667. The molecule has 0 aromatic heterocycles. The average Bonchev–Trinajstić information content (AvgIpc) is 2.49. The van der Waals surface area contributed by atoms with Crippen molar-refractivity contribution in [3.8, 4) is 5.75 Å². The maximum atomic E-state index is 6.49. The molecule has 1 aliphatic carbocycles. The zero-order chi connectivity index (χ0) is 15.2. The first-order chi connectivity index (χ1) is 10.2. The molecule has 21 heavy (non-hydrogen) atoms. The highest BCUT2D eigenvalue weighted by Gasteiger charge is 2.30. The third-order valence-electron chi connectivity index (χ3n) is 4.85. The SMILES string of the molecule is CCC(N)C(c1ccccc1OC)N(CC)CC1CCC1. The highest BCUT2D eigenvalue weighted by atomic mass is 16.5. The first kappa shape index (κ1) is 16.3. The van der Waals surface area contributed by atoms with E-state index in [2.05, 4.69) is 30.9 Å². The molecule has 118 valence electrons. The average molecular weight is 290 g/mol. The maximum Gasteiger partial charge on any atom is 0.123 e. The monoisotopic (exact) mass is 290 g/mol. The molecule has 0 spiro atoms. The van der Waals surface area contributed by atoms with Gasteiger partial charge >= 0.3 is 0 Å². The van der Waals surface area contributed by atoms with Crippen LogP contribution < -0.4 is 10.5 Å². The summed E-state index contributed by atoms with van der Waals surface area (Å²) in [5.41, 5.74) is 7.72. The Balaban J connectivity index is 2.26. The van der Waals surface area contributed by atoms with E-state index in [9.17, 15) is 0 Å². The van der Waals surface area contributed by atoms with E-state index in [1.54, 1.807) is 7.11 Å². The van der Waals surface area contributed by atoms with Gasteiger partial charge in [-0.15, -0.1) is 0 Å². The molecule has 0 heterocycles. The fourth-order valence-electron chi connectivity index (χ4n) is 3.28. The number of hydrogen-bond donors (Lipinski definition) is 1. The lowest BCUT2D eigenvalue weighted by molar-refractivity contribution is 0.119. The van der Waals surface area contributed by atoms with Crippen molar-refractivity contribution in [3.05, 3.63) is 29.8 Å². The van der Waals surface area contributed by atoms with E-state index in [0.717, 1.165) is 31.2 Å². The number of methoxy groups -OCH3 is 1. The van der Waals surface area contributed by atoms with Crippen LogP contribution >= 0.6 is 0 Å². The molecular weight excluding hydrogens is 260 g/mol. The Labute approximate surface area is 129 Å². The van der Waals surface area contributed by atoms with Crippen molar-refractivity contribution in [3.63, 3.8) is 0 Å². The predicted octanol–water partition coefficient (Wildman–Crippen LogP) is 3.60. The molecule has 2 atom stereocenters. The number of benzene rings is 1. The number of likely N-dealkylation sites (N-methyl/N-ethyl adjacent to an activating group) is 1. The molecule has 0 aliphatic heterocycles. The second-order valence-electron chi connectivity index (χ2n) is 6.14. The lowest BCUT2D eigenvalue weighted by Crippen LogP contribution is -2.44. The number of para-hydroxylation sites is 1. The van der Waals surface area contributed by atoms with Gasteiger partial charge in [-0.25, -0.2) is 0 Å². The van der Waals surface area contributed by atoms with Gasteiger partial charge in [0.05, 0.1) is 13.2 Å². The van der Waals surface area contributed by atoms with Gasteiger partial charge in [0, 0.05) is 18.2 Å². The Morgan fingerprint density at radius 2 is 2.00 bits per heavy atom. The van der Waals surface area contributed by atoms with E-state index in [-0.39, 0.29) is 12.1 Å². The molecule has 2 N–H and O–H groups in total. The summed E-state index contributed by atoms with van der Waals surface area (Å²) in [5.74, 6) is 1.81. The molecule has 2 rings (SSSR count). The molecule has 0 bridgehead atoms. The van der Waals surface area contributed by atoms with E-state index in [0.29, 0.717) is 0 Å². The van der Waals surface area contributed by atoms with Gasteiger partial charge in [0.15, 0.2) is 0 Å². The van der Waals surface area contributed by atoms with Gasteiger partial charge in [-0.05, 0) is 37.8 Å². The van der Waals surface area contributed by atoms with Gasteiger partial charge in [0.2, 0.25) is 0 Å². The summed E-state index contributed by atoms with van der Waals surface area (Å²) < 4.78 is 5.58. The van der Waals surface area contributed by atoms with Crippen LogP contribution in [0.25, 0.3) is 0 Å². The molecule has 2 unspecified atom stereocenters. The number of hydrogen-bond acceptors (Lipinski definition) is 3. The molecule has 0 amide bonds. The van der Waals surface area contributed by atoms with Gasteiger partial charge in [-0.3, -0.25) is 4.90 Å². The summed E-state index contributed by atoms with van der Waals surface area (Å²) >= 11 is 0. The quantitative estimate of drug-likeness (QED) is 0.795. The Morgan fingerprint density at radius 3 is 2.52 bits per heavy atom. The van der Waals surface area contributed by atoms with Gasteiger partial charge in [0.1, 0.15) is 5.75 Å². The number of ether oxygens (including phenoxy) is 1. The first-order valence-corrected chi connectivity index (χ1v) is 8.33. The van der Waals surface area contributed by atoms with Crippen LogP contribution in [-0.2, 0) is 0 Å². The van der Waals surface area contributed by atoms with Crippen LogP contribution in [0.4, 0.5) is 0 Å². The molecule has 3 heteroatoms. The van der Waals surface area contributed by atoms with Crippen molar-refractivity contribution in [2.24, 2.45) is 11.7 Å². The zero-order valence-corrected chi connectivity index (χ0v) is 13.7. The summed E-state index contributed by atoms with van der Waals surface area (Å²) in [7, 11) is 1.75. The minimum atomic E-state index is 0.140.